The molecule has 15 heavy (non-hydrogen) atoms. The first-order chi connectivity index (χ1) is 7.18. The number of nitrogens with zero attached hydrogens (tertiary/aromatic N) is 2. The third-order valence-corrected chi connectivity index (χ3v) is 3.13. The van der Waals surface area contributed by atoms with Crippen LogP contribution in [0, 0.1) is 6.92 Å². The van der Waals surface area contributed by atoms with E-state index in [0.717, 1.165) is 0 Å². The molecule has 1 aliphatic rings. The fourth-order valence-corrected chi connectivity index (χ4v) is 2.31. The van der Waals surface area contributed by atoms with Crippen molar-refractivity contribution in [2.75, 3.05) is 37.0 Å². The summed E-state index contributed by atoms with van der Waals surface area (Å²) in [5.74, 6) is 0. The van der Waals surface area contributed by atoms with Gasteiger partial charge in [0.1, 0.15) is 0 Å². The van der Waals surface area contributed by atoms with Crippen LogP contribution in [0.15, 0.2) is 18.2 Å². The molecule has 0 bridgehead atoms. The van der Waals surface area contributed by atoms with Gasteiger partial charge < -0.3 is 9.80 Å². The highest BCUT2D eigenvalue weighted by Gasteiger charge is 2.13. The molecule has 2 heteroatoms. The van der Waals surface area contributed by atoms with Crippen LogP contribution >= 0.6 is 0 Å². The normalized spacial score (nSPS) is 15.8. The lowest BCUT2D eigenvalue weighted by molar-refractivity contribution is 0.949. The van der Waals surface area contributed by atoms with Gasteiger partial charge in [-0.25, -0.2) is 0 Å². The Kier molecular flexibility index (Phi) is 2.85. The molecule has 1 heterocycles. The summed E-state index contributed by atoms with van der Waals surface area (Å²) in [4.78, 5) is 4.65. The highest BCUT2D eigenvalue weighted by atomic mass is 15.1. The zero-order valence-electron chi connectivity index (χ0n) is 9.95. The molecular weight excluding hydrogens is 184 g/mol. The molecule has 1 aromatic carbocycles. The summed E-state index contributed by atoms with van der Waals surface area (Å²) in [6, 6.07) is 6.78. The molecule has 82 valence electrons. The molecule has 1 saturated heterocycles. The maximum Gasteiger partial charge on any atom is 0.0392 e. The van der Waals surface area contributed by atoms with Crippen molar-refractivity contribution in [2.24, 2.45) is 0 Å². The summed E-state index contributed by atoms with van der Waals surface area (Å²) >= 11 is 0. The maximum atomic E-state index is 2.48. The van der Waals surface area contributed by atoms with Gasteiger partial charge in [0.15, 0.2) is 0 Å². The second-order valence-corrected chi connectivity index (χ2v) is 4.56. The van der Waals surface area contributed by atoms with E-state index in [4.69, 9.17) is 0 Å². The number of hydrogen-bond acceptors (Lipinski definition) is 2. The SMILES string of the molecule is Cc1cc(N2CCCC2)ccc1N(C)C. The average molecular weight is 204 g/mol. The summed E-state index contributed by atoms with van der Waals surface area (Å²) in [6.45, 7) is 4.64. The Morgan fingerprint density at radius 2 is 1.80 bits per heavy atom. The van der Waals surface area contributed by atoms with E-state index < -0.39 is 0 Å². The molecule has 0 aromatic heterocycles. The lowest BCUT2D eigenvalue weighted by Crippen LogP contribution is -2.18. The predicted molar refractivity (Wildman–Crippen MR) is 67.0 cm³/mol. The number of hydrogen-bond donors (Lipinski definition) is 0. The second kappa shape index (κ2) is 4.13. The minimum Gasteiger partial charge on any atom is -0.377 e. The zero-order valence-corrected chi connectivity index (χ0v) is 9.95. The Labute approximate surface area is 92.5 Å². The van der Waals surface area contributed by atoms with E-state index in [0.29, 0.717) is 0 Å². The highest BCUT2D eigenvalue weighted by molar-refractivity contribution is 5.61. The van der Waals surface area contributed by atoms with Crippen LogP contribution in [0.1, 0.15) is 18.4 Å². The molecule has 0 spiro atoms. The van der Waals surface area contributed by atoms with E-state index >= 15 is 0 Å². The van der Waals surface area contributed by atoms with Crippen LogP contribution in [0.2, 0.25) is 0 Å². The largest absolute Gasteiger partial charge is 0.377 e. The Hall–Kier alpha value is -1.18. The van der Waals surface area contributed by atoms with Gasteiger partial charge in [-0.05, 0) is 43.5 Å². The summed E-state index contributed by atoms with van der Waals surface area (Å²) in [7, 11) is 4.19. The lowest BCUT2D eigenvalue weighted by Gasteiger charge is -2.21. The second-order valence-electron chi connectivity index (χ2n) is 4.56. The molecule has 0 N–H and O–H groups in total. The van der Waals surface area contributed by atoms with Crippen LogP contribution in [0.3, 0.4) is 0 Å². The van der Waals surface area contributed by atoms with Crippen molar-refractivity contribution in [1.29, 1.82) is 0 Å². The van der Waals surface area contributed by atoms with Gasteiger partial charge in [-0.15, -0.1) is 0 Å². The number of rotatable bonds is 2. The van der Waals surface area contributed by atoms with Crippen LogP contribution in [-0.2, 0) is 0 Å². The maximum absolute atomic E-state index is 2.48. The molecule has 0 amide bonds. The van der Waals surface area contributed by atoms with E-state index in [2.05, 4.69) is 49.0 Å². The first-order valence-electron chi connectivity index (χ1n) is 5.71. The molecule has 0 atom stereocenters. The summed E-state index contributed by atoms with van der Waals surface area (Å²) < 4.78 is 0. The molecule has 0 aliphatic carbocycles. The van der Waals surface area contributed by atoms with Crippen molar-refractivity contribution in [2.45, 2.75) is 19.8 Å². The van der Waals surface area contributed by atoms with Gasteiger partial charge in [0.2, 0.25) is 0 Å². The molecule has 2 nitrogen and oxygen atoms in total. The van der Waals surface area contributed by atoms with Gasteiger partial charge in [0.25, 0.3) is 0 Å². The van der Waals surface area contributed by atoms with Gasteiger partial charge in [-0.1, -0.05) is 0 Å². The Morgan fingerprint density at radius 3 is 2.33 bits per heavy atom. The van der Waals surface area contributed by atoms with Crippen LogP contribution in [0.25, 0.3) is 0 Å². The van der Waals surface area contributed by atoms with E-state index in [9.17, 15) is 0 Å². The highest BCUT2D eigenvalue weighted by Crippen LogP contribution is 2.26. The molecule has 1 aromatic rings. The summed E-state index contributed by atoms with van der Waals surface area (Å²) in [6.07, 6.45) is 2.68. The van der Waals surface area contributed by atoms with Crippen molar-refractivity contribution in [3.05, 3.63) is 23.8 Å². The molecule has 0 radical (unpaired) electrons. The topological polar surface area (TPSA) is 6.48 Å². The monoisotopic (exact) mass is 204 g/mol. The van der Waals surface area contributed by atoms with E-state index in [1.165, 1.54) is 42.9 Å². The lowest BCUT2D eigenvalue weighted by atomic mass is 10.1. The number of anilines is 2. The van der Waals surface area contributed by atoms with Crippen molar-refractivity contribution < 1.29 is 0 Å². The zero-order chi connectivity index (χ0) is 10.8. The van der Waals surface area contributed by atoms with E-state index in [1.807, 2.05) is 0 Å². The molecular formula is C13H20N2. The fourth-order valence-electron chi connectivity index (χ4n) is 2.31. The van der Waals surface area contributed by atoms with Crippen LogP contribution < -0.4 is 9.80 Å². The van der Waals surface area contributed by atoms with Crippen molar-refractivity contribution in [1.82, 2.24) is 0 Å². The Bertz CT molecular complexity index is 338. The van der Waals surface area contributed by atoms with Crippen LogP contribution in [0.4, 0.5) is 11.4 Å². The van der Waals surface area contributed by atoms with Gasteiger partial charge in [0, 0.05) is 38.6 Å². The first-order valence-corrected chi connectivity index (χ1v) is 5.71. The van der Waals surface area contributed by atoms with E-state index in [-0.39, 0.29) is 0 Å². The predicted octanol–water partition coefficient (Wildman–Crippen LogP) is 2.66. The Balaban J connectivity index is 2.24. The molecule has 2 rings (SSSR count). The summed E-state index contributed by atoms with van der Waals surface area (Å²) in [5.41, 5.74) is 4.07. The third-order valence-electron chi connectivity index (χ3n) is 3.13. The quantitative estimate of drug-likeness (QED) is 0.730. The minimum atomic E-state index is 1.22. The molecule has 0 unspecified atom stereocenters. The van der Waals surface area contributed by atoms with Gasteiger partial charge in [0.05, 0.1) is 0 Å². The van der Waals surface area contributed by atoms with E-state index in [1.54, 1.807) is 0 Å². The number of aryl methyl sites for hydroxylation is 1. The van der Waals surface area contributed by atoms with Crippen LogP contribution in [-0.4, -0.2) is 27.2 Å². The first kappa shape index (κ1) is 10.3. The van der Waals surface area contributed by atoms with Crippen molar-refractivity contribution >= 4 is 11.4 Å². The van der Waals surface area contributed by atoms with Crippen molar-refractivity contribution in [3.63, 3.8) is 0 Å². The van der Waals surface area contributed by atoms with Gasteiger partial charge in [-0.2, -0.15) is 0 Å². The summed E-state index contributed by atoms with van der Waals surface area (Å²) in [5, 5.41) is 0. The van der Waals surface area contributed by atoms with Gasteiger partial charge >= 0.3 is 0 Å². The Morgan fingerprint density at radius 1 is 1.13 bits per heavy atom. The van der Waals surface area contributed by atoms with Crippen molar-refractivity contribution in [3.8, 4) is 0 Å². The molecule has 0 saturated carbocycles. The average Bonchev–Trinajstić information content (AvgIpc) is 2.69. The third kappa shape index (κ3) is 2.09. The van der Waals surface area contributed by atoms with Gasteiger partial charge in [-0.3, -0.25) is 0 Å². The molecule has 1 aliphatic heterocycles. The molecule has 1 fully saturated rings. The smallest absolute Gasteiger partial charge is 0.0392 e. The standard InChI is InChI=1S/C13H20N2/c1-11-10-12(15-8-4-5-9-15)6-7-13(11)14(2)3/h6-7,10H,4-5,8-9H2,1-3H3. The minimum absolute atomic E-state index is 1.22. The number of benzene rings is 1. The van der Waals surface area contributed by atoms with Crippen LogP contribution in [0.5, 0.6) is 0 Å². The fraction of sp³-hybridized carbons (Fsp3) is 0.538.